The van der Waals surface area contributed by atoms with Gasteiger partial charge < -0.3 is 18.5 Å². The van der Waals surface area contributed by atoms with Crippen molar-refractivity contribution in [2.75, 3.05) is 25.2 Å². The van der Waals surface area contributed by atoms with E-state index in [0.717, 1.165) is 18.2 Å². The van der Waals surface area contributed by atoms with Gasteiger partial charge in [-0.05, 0) is 37.1 Å². The lowest BCUT2D eigenvalue weighted by Gasteiger charge is -2.36. The Balaban J connectivity index is 1.44. The van der Waals surface area contributed by atoms with Crippen LogP contribution in [0.15, 0.2) is 47.0 Å². The first-order valence-corrected chi connectivity index (χ1v) is 12.5. The summed E-state index contributed by atoms with van der Waals surface area (Å²) in [4.78, 5) is 18.7. The van der Waals surface area contributed by atoms with Crippen LogP contribution in [-0.4, -0.2) is 52.1 Å². The van der Waals surface area contributed by atoms with Crippen LogP contribution in [0.1, 0.15) is 24.6 Å². The molecule has 2 aliphatic heterocycles. The Morgan fingerprint density at radius 3 is 2.70 bits per heavy atom. The molecule has 1 spiro atoms. The van der Waals surface area contributed by atoms with E-state index in [1.165, 1.54) is 7.11 Å². The van der Waals surface area contributed by atoms with Gasteiger partial charge >= 0.3 is 6.18 Å². The number of oxazole rings is 1. The third-order valence-electron chi connectivity index (χ3n) is 7.19. The summed E-state index contributed by atoms with van der Waals surface area (Å²) < 4.78 is 73.7. The number of carbonyl (C=O) groups is 1. The molecule has 4 aromatic rings. The summed E-state index contributed by atoms with van der Waals surface area (Å²) in [5.41, 5.74) is -0.430. The van der Waals surface area contributed by atoms with Crippen LogP contribution < -0.4 is 14.4 Å². The van der Waals surface area contributed by atoms with E-state index in [1.54, 1.807) is 35.9 Å². The second-order valence-electron chi connectivity index (χ2n) is 9.75. The number of anilines is 1. The number of hydrogen-bond acceptors (Lipinski definition) is 7. The summed E-state index contributed by atoms with van der Waals surface area (Å²) in [5.74, 6) is 0.435. The number of aryl methyl sites for hydroxylation is 1. The zero-order valence-electron chi connectivity index (χ0n) is 21.5. The Hall–Kier alpha value is -4.42. The molecule has 0 saturated heterocycles. The molecule has 1 unspecified atom stereocenters. The lowest BCUT2D eigenvalue weighted by atomic mass is 9.79. The van der Waals surface area contributed by atoms with Crippen molar-refractivity contribution in [3.05, 3.63) is 60.1 Å². The van der Waals surface area contributed by atoms with Gasteiger partial charge in [-0.15, -0.1) is 10.2 Å². The highest BCUT2D eigenvalue weighted by Gasteiger charge is 2.53. The van der Waals surface area contributed by atoms with Crippen molar-refractivity contribution in [3.63, 3.8) is 0 Å². The zero-order valence-corrected chi connectivity index (χ0v) is 21.5. The van der Waals surface area contributed by atoms with Crippen LogP contribution >= 0.6 is 0 Å². The van der Waals surface area contributed by atoms with E-state index in [1.807, 2.05) is 0 Å². The van der Waals surface area contributed by atoms with Crippen LogP contribution in [0.2, 0.25) is 0 Å². The van der Waals surface area contributed by atoms with Crippen molar-refractivity contribution in [2.45, 2.75) is 37.9 Å². The fraction of sp³-hybridized carbons (Fsp3) is 0.333. The number of methoxy groups -OCH3 is 1. The quantitative estimate of drug-likeness (QED) is 0.323. The molecule has 0 bridgehead atoms. The Bertz CT molecular complexity index is 1610. The minimum absolute atomic E-state index is 0.144. The number of carbonyl (C=O) groups excluding carboxylic acids is 1. The van der Waals surface area contributed by atoms with Crippen molar-refractivity contribution in [1.82, 2.24) is 19.7 Å². The van der Waals surface area contributed by atoms with Crippen LogP contribution in [0.3, 0.4) is 0 Å². The highest BCUT2D eigenvalue weighted by atomic mass is 19.4. The van der Waals surface area contributed by atoms with E-state index < -0.39 is 29.9 Å². The van der Waals surface area contributed by atoms with Crippen LogP contribution in [-0.2, 0) is 16.8 Å². The van der Waals surface area contributed by atoms with Crippen molar-refractivity contribution in [1.29, 1.82) is 0 Å². The van der Waals surface area contributed by atoms with Gasteiger partial charge in [0.1, 0.15) is 35.9 Å². The molecule has 208 valence electrons. The number of aromatic nitrogens is 4. The molecular formula is C27H23F4N5O4. The fourth-order valence-electron chi connectivity index (χ4n) is 5.39. The number of benzene rings is 2. The third-order valence-corrected chi connectivity index (χ3v) is 7.19. The molecule has 0 fully saturated rings. The molecule has 1 atom stereocenters. The molecule has 13 heteroatoms. The summed E-state index contributed by atoms with van der Waals surface area (Å²) in [5, 5.41) is 8.65. The predicted molar refractivity (Wildman–Crippen MR) is 133 cm³/mol. The molecule has 0 radical (unpaired) electrons. The van der Waals surface area contributed by atoms with Gasteiger partial charge in [0, 0.05) is 25.1 Å². The molecular weight excluding hydrogens is 534 g/mol. The Morgan fingerprint density at radius 2 is 1.98 bits per heavy atom. The number of nitrogens with zero attached hydrogens (tertiary/aromatic N) is 5. The second kappa shape index (κ2) is 9.35. The minimum atomic E-state index is -4.71. The van der Waals surface area contributed by atoms with Crippen molar-refractivity contribution in [3.8, 4) is 34.2 Å². The first-order chi connectivity index (χ1) is 19.1. The zero-order chi connectivity index (χ0) is 28.2. The lowest BCUT2D eigenvalue weighted by Crippen LogP contribution is -2.54. The van der Waals surface area contributed by atoms with Crippen molar-refractivity contribution < 1.29 is 36.2 Å². The molecule has 6 rings (SSSR count). The number of halogens is 4. The molecule has 1 amide bonds. The molecule has 2 aliphatic rings. The molecule has 2 aromatic carbocycles. The van der Waals surface area contributed by atoms with Crippen LogP contribution in [0.25, 0.3) is 22.7 Å². The smallest absolute Gasteiger partial charge is 0.406 e. The molecule has 0 aliphatic carbocycles. The van der Waals surface area contributed by atoms with E-state index in [-0.39, 0.29) is 30.3 Å². The maximum atomic E-state index is 14.0. The first-order valence-electron chi connectivity index (χ1n) is 12.5. The number of hydrogen-bond donors (Lipinski definition) is 0. The van der Waals surface area contributed by atoms with E-state index >= 15 is 0 Å². The molecule has 2 aromatic heterocycles. The monoisotopic (exact) mass is 557 g/mol. The number of alkyl halides is 3. The summed E-state index contributed by atoms with van der Waals surface area (Å²) >= 11 is 0. The fourth-order valence-corrected chi connectivity index (χ4v) is 5.39. The Kier molecular flexibility index (Phi) is 6.04. The van der Waals surface area contributed by atoms with Gasteiger partial charge in [0.2, 0.25) is 5.91 Å². The van der Waals surface area contributed by atoms with Gasteiger partial charge in [0.25, 0.3) is 0 Å². The van der Waals surface area contributed by atoms with E-state index in [4.69, 9.17) is 13.9 Å². The molecule has 0 N–H and O–H groups in total. The summed E-state index contributed by atoms with van der Waals surface area (Å²) in [6, 6.07) is 8.41. The number of amides is 1. The SMILES string of the molecule is COc1cc(-c2nnc3n2CCCC32COc3cc(F)ccc3N(CC(F)(F)F)C2=O)ccc1-c1cnc(C)o1. The number of fused-ring (bicyclic) bond motifs is 3. The van der Waals surface area contributed by atoms with Crippen molar-refractivity contribution in [2.24, 2.45) is 0 Å². The predicted octanol–water partition coefficient (Wildman–Crippen LogP) is 5.08. The molecule has 0 saturated carbocycles. The standard InChI is InChI=1S/C27H23F4N5O4/c1-15-32-12-22(40-15)18-6-4-16(10-20(18)38-2)23-33-34-24-26(8-3-9-35(23)24)14-39-21-11-17(28)5-7-19(21)36(25(26)37)13-27(29,30)31/h4-7,10-12H,3,8-9,13-14H2,1-2H3. The molecule has 4 heterocycles. The van der Waals surface area contributed by atoms with Crippen molar-refractivity contribution >= 4 is 11.6 Å². The summed E-state index contributed by atoms with van der Waals surface area (Å²) in [6.45, 7) is 0.281. The lowest BCUT2D eigenvalue weighted by molar-refractivity contribution is -0.137. The third kappa shape index (κ3) is 4.25. The van der Waals surface area contributed by atoms with Gasteiger partial charge in [0.05, 0.1) is 24.6 Å². The highest BCUT2D eigenvalue weighted by Crippen LogP contribution is 2.44. The first kappa shape index (κ1) is 25.8. The van der Waals surface area contributed by atoms with Gasteiger partial charge in [-0.3, -0.25) is 9.69 Å². The average Bonchev–Trinajstić information content (AvgIpc) is 3.54. The number of rotatable bonds is 4. The van der Waals surface area contributed by atoms with Gasteiger partial charge in [0.15, 0.2) is 23.3 Å². The van der Waals surface area contributed by atoms with Gasteiger partial charge in [-0.1, -0.05) is 6.07 Å². The second-order valence-corrected chi connectivity index (χ2v) is 9.75. The normalized spacial score (nSPS) is 18.8. The summed E-state index contributed by atoms with van der Waals surface area (Å²) in [7, 11) is 1.51. The summed E-state index contributed by atoms with van der Waals surface area (Å²) in [6.07, 6.45) is -2.49. The minimum Gasteiger partial charge on any atom is -0.496 e. The largest absolute Gasteiger partial charge is 0.496 e. The van der Waals surface area contributed by atoms with Crippen LogP contribution in [0.5, 0.6) is 11.5 Å². The van der Waals surface area contributed by atoms with Crippen LogP contribution in [0, 0.1) is 12.7 Å². The van der Waals surface area contributed by atoms with Gasteiger partial charge in [-0.25, -0.2) is 9.37 Å². The molecule has 40 heavy (non-hydrogen) atoms. The average molecular weight is 558 g/mol. The maximum absolute atomic E-state index is 14.0. The Morgan fingerprint density at radius 1 is 1.15 bits per heavy atom. The van der Waals surface area contributed by atoms with E-state index in [0.29, 0.717) is 52.2 Å². The van der Waals surface area contributed by atoms with Gasteiger partial charge in [-0.2, -0.15) is 13.2 Å². The molecule has 9 nitrogen and oxygen atoms in total. The maximum Gasteiger partial charge on any atom is 0.406 e. The van der Waals surface area contributed by atoms with Crippen LogP contribution in [0.4, 0.5) is 23.2 Å². The Labute approximate surface area is 225 Å². The highest BCUT2D eigenvalue weighted by molar-refractivity contribution is 6.03. The number of ether oxygens (including phenoxy) is 2. The van der Waals surface area contributed by atoms with E-state index in [2.05, 4.69) is 15.2 Å². The topological polar surface area (TPSA) is 95.5 Å². The van der Waals surface area contributed by atoms with E-state index in [9.17, 15) is 22.4 Å².